The summed E-state index contributed by atoms with van der Waals surface area (Å²) in [7, 11) is 0. The summed E-state index contributed by atoms with van der Waals surface area (Å²) in [6.07, 6.45) is -5.82. The molecule has 0 saturated heterocycles. The Morgan fingerprint density at radius 3 is 2.42 bits per heavy atom. The summed E-state index contributed by atoms with van der Waals surface area (Å²) in [6.45, 7) is 6.27. The average Bonchev–Trinajstić information content (AvgIpc) is 3.30. The number of aromatic nitrogens is 4. The Labute approximate surface area is 209 Å². The predicted molar refractivity (Wildman–Crippen MR) is 131 cm³/mol. The third-order valence-electron chi connectivity index (χ3n) is 6.40. The van der Waals surface area contributed by atoms with Crippen LogP contribution in [0.5, 0.6) is 0 Å². The number of pyridine rings is 1. The predicted octanol–water partition coefficient (Wildman–Crippen LogP) is 3.42. The summed E-state index contributed by atoms with van der Waals surface area (Å²) >= 11 is 1.39. The fourth-order valence-electron chi connectivity index (χ4n) is 4.47. The molecule has 1 unspecified atom stereocenters. The largest absolute Gasteiger partial charge is 0.390 e. The number of hydrogen-bond donors (Lipinski definition) is 5. The average molecular weight is 527 g/mol. The van der Waals surface area contributed by atoms with E-state index in [0.29, 0.717) is 21.8 Å². The van der Waals surface area contributed by atoms with Crippen LogP contribution in [0.15, 0.2) is 12.3 Å². The van der Waals surface area contributed by atoms with Crippen LogP contribution >= 0.6 is 11.3 Å². The Morgan fingerprint density at radius 1 is 1.08 bits per heavy atom. The van der Waals surface area contributed by atoms with Crippen molar-refractivity contribution >= 4 is 33.3 Å². The second kappa shape index (κ2) is 9.69. The number of thiazole rings is 1. The van der Waals surface area contributed by atoms with Gasteiger partial charge in [-0.1, -0.05) is 0 Å². The third-order valence-corrected chi connectivity index (χ3v) is 7.44. The van der Waals surface area contributed by atoms with E-state index in [9.17, 15) is 28.5 Å². The first kappa shape index (κ1) is 26.5. The van der Waals surface area contributed by atoms with E-state index in [1.54, 1.807) is 27.0 Å². The lowest BCUT2D eigenvalue weighted by Crippen LogP contribution is -2.40. The topological polar surface area (TPSA) is 136 Å². The minimum atomic E-state index is -4.33. The van der Waals surface area contributed by atoms with Gasteiger partial charge < -0.3 is 26.0 Å². The molecule has 36 heavy (non-hydrogen) atoms. The molecule has 0 aliphatic heterocycles. The van der Waals surface area contributed by atoms with Crippen molar-refractivity contribution in [2.75, 3.05) is 17.2 Å². The molecule has 1 aliphatic rings. The van der Waals surface area contributed by atoms with E-state index in [0.717, 1.165) is 10.4 Å². The highest BCUT2D eigenvalue weighted by Gasteiger charge is 2.48. The van der Waals surface area contributed by atoms with Crippen LogP contribution in [-0.4, -0.2) is 71.8 Å². The summed E-state index contributed by atoms with van der Waals surface area (Å²) in [6, 6.07) is 1.16. The summed E-state index contributed by atoms with van der Waals surface area (Å²) in [5.41, 5.74) is 1.23. The highest BCUT2D eigenvalue weighted by molar-refractivity contribution is 7.21. The van der Waals surface area contributed by atoms with E-state index in [1.165, 1.54) is 11.3 Å². The van der Waals surface area contributed by atoms with Crippen LogP contribution in [-0.2, 0) is 0 Å². The lowest BCUT2D eigenvalue weighted by atomic mass is 9.88. The first-order chi connectivity index (χ1) is 16.7. The fourth-order valence-corrected chi connectivity index (χ4v) is 5.58. The summed E-state index contributed by atoms with van der Waals surface area (Å²) in [5.74, 6) is -0.347. The lowest BCUT2D eigenvalue weighted by Gasteiger charge is -2.28. The zero-order chi connectivity index (χ0) is 26.4. The molecular weight excluding hydrogens is 497 g/mol. The first-order valence-corrected chi connectivity index (χ1v) is 12.3. The van der Waals surface area contributed by atoms with Gasteiger partial charge in [0.05, 0.1) is 45.8 Å². The quantitative estimate of drug-likeness (QED) is 0.314. The van der Waals surface area contributed by atoms with Crippen molar-refractivity contribution in [1.29, 1.82) is 0 Å². The van der Waals surface area contributed by atoms with Gasteiger partial charge in [0.2, 0.25) is 5.95 Å². The van der Waals surface area contributed by atoms with E-state index in [2.05, 4.69) is 25.6 Å². The molecular formula is C23H29F3N6O3S. The smallest absolute Gasteiger partial charge is 0.390 e. The van der Waals surface area contributed by atoms with E-state index < -0.39 is 48.9 Å². The third kappa shape index (κ3) is 5.53. The Bertz CT molecular complexity index is 1250. The highest BCUT2D eigenvalue weighted by Crippen LogP contribution is 2.40. The standard InChI is InChI=1S/C23H29F3N6O3S/c1-10-15(20-31-16-11(2)27-7-5-14(16)36-20)19(32-21(29-10)28-8-6-23(24,25)26)30-13-9-12(22(3,4)35)17(33)18(13)34/h5,7,12-13,17-18,33-35H,6,8-9H2,1-4H3,(H2,28,29,30,32)/t12-,13?,17+,18-/m0/s1. The van der Waals surface area contributed by atoms with Crippen LogP contribution in [0.25, 0.3) is 20.8 Å². The SMILES string of the molecule is Cc1nc(NCCC(F)(F)F)nc(NC2C[C@H](C(C)(C)O)[C@@H](O)[C@H]2O)c1-c1nc2c(C)nccc2s1. The maximum absolute atomic E-state index is 12.6. The van der Waals surface area contributed by atoms with Crippen molar-refractivity contribution in [3.8, 4) is 10.6 Å². The van der Waals surface area contributed by atoms with Gasteiger partial charge >= 0.3 is 6.18 Å². The van der Waals surface area contributed by atoms with Crippen molar-refractivity contribution in [1.82, 2.24) is 19.9 Å². The number of fused-ring (bicyclic) bond motifs is 1. The molecule has 3 aromatic rings. The number of nitrogens with zero attached hydrogens (tertiary/aromatic N) is 4. The number of halogens is 3. The molecule has 0 amide bonds. The van der Waals surface area contributed by atoms with Gasteiger partial charge in [-0.3, -0.25) is 4.98 Å². The molecule has 196 valence electrons. The summed E-state index contributed by atoms with van der Waals surface area (Å²) in [5, 5.41) is 38.0. The van der Waals surface area contributed by atoms with Crippen LogP contribution in [0, 0.1) is 19.8 Å². The molecule has 0 radical (unpaired) electrons. The number of nitrogens with one attached hydrogen (secondary N) is 2. The minimum Gasteiger partial charge on any atom is -0.390 e. The normalized spacial score (nSPS) is 22.8. The van der Waals surface area contributed by atoms with Crippen LogP contribution in [0.1, 0.15) is 38.1 Å². The van der Waals surface area contributed by atoms with Crippen LogP contribution < -0.4 is 10.6 Å². The van der Waals surface area contributed by atoms with Crippen molar-refractivity contribution in [3.05, 3.63) is 23.7 Å². The van der Waals surface area contributed by atoms with E-state index >= 15 is 0 Å². The molecule has 3 heterocycles. The molecule has 4 atom stereocenters. The van der Waals surface area contributed by atoms with Crippen molar-refractivity contribution < 1.29 is 28.5 Å². The van der Waals surface area contributed by atoms with Gasteiger partial charge in [-0.15, -0.1) is 11.3 Å². The fraction of sp³-hybridized carbons (Fsp3) is 0.565. The molecule has 1 aliphatic carbocycles. The highest BCUT2D eigenvalue weighted by atomic mass is 32.1. The van der Waals surface area contributed by atoms with Crippen LogP contribution in [0.2, 0.25) is 0 Å². The number of rotatable bonds is 7. The maximum Gasteiger partial charge on any atom is 0.390 e. The Morgan fingerprint density at radius 2 is 1.81 bits per heavy atom. The summed E-state index contributed by atoms with van der Waals surface area (Å²) < 4.78 is 38.8. The summed E-state index contributed by atoms with van der Waals surface area (Å²) in [4.78, 5) is 17.8. The van der Waals surface area contributed by atoms with E-state index in [-0.39, 0.29) is 18.2 Å². The van der Waals surface area contributed by atoms with E-state index in [4.69, 9.17) is 4.98 Å². The van der Waals surface area contributed by atoms with Gasteiger partial charge in [-0.25, -0.2) is 9.97 Å². The number of hydrogen-bond acceptors (Lipinski definition) is 10. The zero-order valence-corrected chi connectivity index (χ0v) is 21.1. The number of alkyl halides is 3. The monoisotopic (exact) mass is 526 g/mol. The van der Waals surface area contributed by atoms with Gasteiger partial charge in [0.1, 0.15) is 22.4 Å². The Balaban J connectivity index is 1.73. The Hall–Kier alpha value is -2.61. The molecule has 0 aromatic carbocycles. The number of anilines is 2. The molecule has 3 aromatic heterocycles. The van der Waals surface area contributed by atoms with Crippen LogP contribution in [0.4, 0.5) is 24.9 Å². The van der Waals surface area contributed by atoms with Gasteiger partial charge in [0, 0.05) is 18.7 Å². The van der Waals surface area contributed by atoms with Gasteiger partial charge in [-0.05, 0) is 40.2 Å². The molecule has 13 heteroatoms. The molecule has 4 rings (SSSR count). The molecule has 0 bridgehead atoms. The lowest BCUT2D eigenvalue weighted by molar-refractivity contribution is -0.131. The minimum absolute atomic E-state index is 0.00553. The second-order valence-corrected chi connectivity index (χ2v) is 10.7. The second-order valence-electron chi connectivity index (χ2n) is 9.64. The van der Waals surface area contributed by atoms with Gasteiger partial charge in [-0.2, -0.15) is 18.2 Å². The zero-order valence-electron chi connectivity index (χ0n) is 20.3. The molecule has 9 nitrogen and oxygen atoms in total. The molecule has 5 N–H and O–H groups in total. The molecule has 0 spiro atoms. The Kier molecular flexibility index (Phi) is 7.12. The van der Waals surface area contributed by atoms with Crippen molar-refractivity contribution in [3.63, 3.8) is 0 Å². The first-order valence-electron chi connectivity index (χ1n) is 11.5. The number of aliphatic hydroxyl groups excluding tert-OH is 2. The van der Waals surface area contributed by atoms with E-state index in [1.807, 2.05) is 13.0 Å². The molecule has 1 fully saturated rings. The van der Waals surface area contributed by atoms with Crippen molar-refractivity contribution in [2.24, 2.45) is 5.92 Å². The van der Waals surface area contributed by atoms with Gasteiger partial charge in [0.15, 0.2) is 0 Å². The molecule has 1 saturated carbocycles. The number of aliphatic hydroxyl groups is 3. The van der Waals surface area contributed by atoms with Crippen molar-refractivity contribution in [2.45, 2.75) is 70.6 Å². The van der Waals surface area contributed by atoms with Crippen LogP contribution in [0.3, 0.4) is 0 Å². The maximum atomic E-state index is 12.6. The van der Waals surface area contributed by atoms with Gasteiger partial charge in [0.25, 0.3) is 0 Å². The number of aryl methyl sites for hydroxylation is 2.